The zero-order chi connectivity index (χ0) is 21.5. The molecule has 0 saturated carbocycles. The Bertz CT molecular complexity index is 923. The van der Waals surface area contributed by atoms with Crippen molar-refractivity contribution in [1.29, 1.82) is 0 Å². The van der Waals surface area contributed by atoms with Gasteiger partial charge in [-0.15, -0.1) is 0 Å². The Morgan fingerprint density at radius 1 is 1.00 bits per heavy atom. The fraction of sp³-hybridized carbons (Fsp3) is 0.348. The molecule has 6 nitrogen and oxygen atoms in total. The summed E-state index contributed by atoms with van der Waals surface area (Å²) >= 11 is 3.38. The predicted molar refractivity (Wildman–Crippen MR) is 120 cm³/mol. The van der Waals surface area contributed by atoms with Gasteiger partial charge in [-0.3, -0.25) is 14.4 Å². The first-order chi connectivity index (χ1) is 14.5. The van der Waals surface area contributed by atoms with E-state index >= 15 is 0 Å². The van der Waals surface area contributed by atoms with Crippen molar-refractivity contribution >= 4 is 39.3 Å². The van der Waals surface area contributed by atoms with Crippen molar-refractivity contribution < 1.29 is 14.4 Å². The zero-order valence-corrected chi connectivity index (χ0v) is 18.6. The number of nitrogens with zero attached hydrogens (tertiary/aromatic N) is 1. The maximum absolute atomic E-state index is 13.1. The number of benzene rings is 2. The molecule has 1 aliphatic rings. The molecule has 2 aromatic carbocycles. The van der Waals surface area contributed by atoms with E-state index in [0.29, 0.717) is 53.8 Å². The Hall–Kier alpha value is -2.67. The number of nitrogens with one attached hydrogen (secondary N) is 2. The molecule has 0 bridgehead atoms. The highest BCUT2D eigenvalue weighted by Crippen LogP contribution is 2.24. The molecule has 3 amide bonds. The number of hydrogen-bond donors (Lipinski definition) is 2. The van der Waals surface area contributed by atoms with Gasteiger partial charge in [0.05, 0.1) is 16.8 Å². The summed E-state index contributed by atoms with van der Waals surface area (Å²) in [5.41, 5.74) is 1.43. The minimum atomic E-state index is -0.283. The van der Waals surface area contributed by atoms with Gasteiger partial charge >= 0.3 is 0 Å². The van der Waals surface area contributed by atoms with Gasteiger partial charge < -0.3 is 15.5 Å². The number of likely N-dealkylation sites (tertiary alicyclic amines) is 1. The van der Waals surface area contributed by atoms with Gasteiger partial charge in [0.1, 0.15) is 0 Å². The topological polar surface area (TPSA) is 78.5 Å². The summed E-state index contributed by atoms with van der Waals surface area (Å²) in [5.74, 6) is -0.393. The lowest BCUT2D eigenvalue weighted by atomic mass is 9.95. The van der Waals surface area contributed by atoms with E-state index in [1.165, 1.54) is 0 Å². The maximum Gasteiger partial charge on any atom is 0.256 e. The van der Waals surface area contributed by atoms with E-state index in [9.17, 15) is 14.4 Å². The lowest BCUT2D eigenvalue weighted by molar-refractivity contribution is -0.126. The minimum Gasteiger partial charge on any atom is -0.356 e. The standard InChI is InChI=1S/C23H26BrN3O3/c1-2-13-25-21(28)16-11-14-27(15-12-16)23(30)18-8-4-6-10-20(18)26-22(29)17-7-3-5-9-19(17)24/h3-10,16H,2,11-15H2,1H3,(H,25,28)(H,26,29). The third kappa shape index (κ3) is 5.27. The molecule has 2 N–H and O–H groups in total. The third-order valence-electron chi connectivity index (χ3n) is 5.23. The van der Waals surface area contributed by atoms with Crippen molar-refractivity contribution in [1.82, 2.24) is 10.2 Å². The van der Waals surface area contributed by atoms with E-state index in [2.05, 4.69) is 26.6 Å². The molecule has 7 heteroatoms. The van der Waals surface area contributed by atoms with Crippen LogP contribution in [-0.4, -0.2) is 42.3 Å². The monoisotopic (exact) mass is 471 g/mol. The normalized spacial score (nSPS) is 14.3. The van der Waals surface area contributed by atoms with Crippen molar-refractivity contribution in [2.45, 2.75) is 26.2 Å². The molecule has 0 atom stereocenters. The number of halogens is 1. The van der Waals surface area contributed by atoms with Gasteiger partial charge in [0.25, 0.3) is 11.8 Å². The maximum atomic E-state index is 13.1. The van der Waals surface area contributed by atoms with Gasteiger partial charge in [-0.25, -0.2) is 0 Å². The van der Waals surface area contributed by atoms with Crippen LogP contribution in [-0.2, 0) is 4.79 Å². The van der Waals surface area contributed by atoms with Gasteiger partial charge in [-0.1, -0.05) is 31.2 Å². The molecule has 3 rings (SSSR count). The summed E-state index contributed by atoms with van der Waals surface area (Å²) in [4.78, 5) is 39.7. The van der Waals surface area contributed by atoms with Crippen LogP contribution in [0.25, 0.3) is 0 Å². The van der Waals surface area contributed by atoms with Crippen LogP contribution in [0.1, 0.15) is 46.9 Å². The number of rotatable bonds is 6. The van der Waals surface area contributed by atoms with E-state index in [1.54, 1.807) is 47.4 Å². The molecule has 0 radical (unpaired) electrons. The average molecular weight is 472 g/mol. The first-order valence-electron chi connectivity index (χ1n) is 10.2. The molecule has 1 fully saturated rings. The van der Waals surface area contributed by atoms with Crippen LogP contribution in [0, 0.1) is 5.92 Å². The van der Waals surface area contributed by atoms with Gasteiger partial charge in [-0.05, 0) is 59.5 Å². The Kier molecular flexibility index (Phi) is 7.63. The predicted octanol–water partition coefficient (Wildman–Crippen LogP) is 4.08. The Balaban J connectivity index is 1.67. The number of hydrogen-bond acceptors (Lipinski definition) is 3. The van der Waals surface area contributed by atoms with E-state index in [0.717, 1.165) is 6.42 Å². The first kappa shape index (κ1) is 22.0. The summed E-state index contributed by atoms with van der Waals surface area (Å²) in [5, 5.41) is 5.79. The fourth-order valence-electron chi connectivity index (χ4n) is 3.52. The number of piperidine rings is 1. The van der Waals surface area contributed by atoms with Crippen LogP contribution in [0.2, 0.25) is 0 Å². The second kappa shape index (κ2) is 10.4. The Morgan fingerprint density at radius 2 is 1.63 bits per heavy atom. The number of carbonyl (C=O) groups excluding carboxylic acids is 3. The van der Waals surface area contributed by atoms with Gasteiger partial charge in [0.2, 0.25) is 5.91 Å². The van der Waals surface area contributed by atoms with Crippen LogP contribution in [0.5, 0.6) is 0 Å². The fourth-order valence-corrected chi connectivity index (χ4v) is 3.99. The molecule has 158 valence electrons. The van der Waals surface area contributed by atoms with Crippen molar-refractivity contribution in [3.8, 4) is 0 Å². The third-order valence-corrected chi connectivity index (χ3v) is 5.92. The Labute approximate surface area is 185 Å². The lowest BCUT2D eigenvalue weighted by Crippen LogP contribution is -2.43. The molecule has 0 aromatic heterocycles. The molecule has 0 unspecified atom stereocenters. The van der Waals surface area contributed by atoms with Crippen LogP contribution < -0.4 is 10.6 Å². The molecule has 1 heterocycles. The van der Waals surface area contributed by atoms with Crippen molar-refractivity contribution in [2.24, 2.45) is 5.92 Å². The largest absolute Gasteiger partial charge is 0.356 e. The highest BCUT2D eigenvalue weighted by Gasteiger charge is 2.28. The summed E-state index contributed by atoms with van der Waals surface area (Å²) in [6, 6.07) is 14.2. The summed E-state index contributed by atoms with van der Waals surface area (Å²) < 4.78 is 0.690. The van der Waals surface area contributed by atoms with Gasteiger partial charge in [-0.2, -0.15) is 0 Å². The molecule has 30 heavy (non-hydrogen) atoms. The molecule has 0 aliphatic carbocycles. The second-order valence-electron chi connectivity index (χ2n) is 7.34. The van der Waals surface area contributed by atoms with Crippen molar-refractivity contribution in [3.63, 3.8) is 0 Å². The first-order valence-corrected chi connectivity index (χ1v) is 11.0. The average Bonchev–Trinajstić information content (AvgIpc) is 2.77. The van der Waals surface area contributed by atoms with E-state index < -0.39 is 0 Å². The SMILES string of the molecule is CCCNC(=O)C1CCN(C(=O)c2ccccc2NC(=O)c2ccccc2Br)CC1. The quantitative estimate of drug-likeness (QED) is 0.665. The minimum absolute atomic E-state index is 0.0500. The number of amides is 3. The molecule has 1 aliphatic heterocycles. The van der Waals surface area contributed by atoms with Gasteiger partial charge in [0, 0.05) is 30.0 Å². The van der Waals surface area contributed by atoms with Crippen LogP contribution in [0.3, 0.4) is 0 Å². The smallest absolute Gasteiger partial charge is 0.256 e. The molecule has 0 spiro atoms. The van der Waals surface area contributed by atoms with E-state index in [4.69, 9.17) is 0 Å². The molecule has 1 saturated heterocycles. The van der Waals surface area contributed by atoms with Crippen LogP contribution in [0.4, 0.5) is 5.69 Å². The Morgan fingerprint density at radius 3 is 2.30 bits per heavy atom. The highest BCUT2D eigenvalue weighted by molar-refractivity contribution is 9.10. The lowest BCUT2D eigenvalue weighted by Gasteiger charge is -2.31. The van der Waals surface area contributed by atoms with Crippen LogP contribution in [0.15, 0.2) is 53.0 Å². The molecular weight excluding hydrogens is 446 g/mol. The number of para-hydroxylation sites is 1. The van der Waals surface area contributed by atoms with Crippen molar-refractivity contribution in [3.05, 3.63) is 64.1 Å². The number of carbonyl (C=O) groups is 3. The van der Waals surface area contributed by atoms with E-state index in [1.807, 2.05) is 13.0 Å². The van der Waals surface area contributed by atoms with Crippen LogP contribution >= 0.6 is 15.9 Å². The van der Waals surface area contributed by atoms with Gasteiger partial charge in [0.15, 0.2) is 0 Å². The summed E-state index contributed by atoms with van der Waals surface area (Å²) in [7, 11) is 0. The molecule has 2 aromatic rings. The molecular formula is C23H26BrN3O3. The van der Waals surface area contributed by atoms with Crippen molar-refractivity contribution in [2.75, 3.05) is 25.0 Å². The summed E-state index contributed by atoms with van der Waals surface area (Å²) in [6.45, 7) is 3.75. The van der Waals surface area contributed by atoms with E-state index in [-0.39, 0.29) is 23.6 Å². The number of anilines is 1. The summed E-state index contributed by atoms with van der Waals surface area (Å²) in [6.07, 6.45) is 2.20. The highest BCUT2D eigenvalue weighted by atomic mass is 79.9. The second-order valence-corrected chi connectivity index (χ2v) is 8.19. The zero-order valence-electron chi connectivity index (χ0n) is 17.0.